The van der Waals surface area contributed by atoms with Gasteiger partial charge in [0, 0.05) is 69.9 Å². The Balaban J connectivity index is 0.923. The minimum Gasteiger partial charge on any atom is -0.456 e. The van der Waals surface area contributed by atoms with Crippen molar-refractivity contribution < 1.29 is 4.42 Å². The van der Waals surface area contributed by atoms with E-state index in [1.807, 2.05) is 23.5 Å². The first-order valence-electron chi connectivity index (χ1n) is 21.1. The number of furan rings is 1. The molecule has 290 valence electrons. The van der Waals surface area contributed by atoms with Crippen LogP contribution in [0.3, 0.4) is 0 Å². The molecule has 0 bridgehead atoms. The van der Waals surface area contributed by atoms with Gasteiger partial charge in [0.1, 0.15) is 11.2 Å². The van der Waals surface area contributed by atoms with Crippen LogP contribution in [0.25, 0.3) is 103 Å². The van der Waals surface area contributed by atoms with Gasteiger partial charge in [-0.05, 0) is 107 Å². The van der Waals surface area contributed by atoms with E-state index in [-0.39, 0.29) is 0 Å². The van der Waals surface area contributed by atoms with Gasteiger partial charge in [0.25, 0.3) is 0 Å². The lowest BCUT2D eigenvalue weighted by Crippen LogP contribution is -2.09. The first-order valence-corrected chi connectivity index (χ1v) is 21.9. The van der Waals surface area contributed by atoms with Crippen LogP contribution in [-0.2, 0) is 0 Å². The average Bonchev–Trinajstić information content (AvgIpc) is 4.01. The summed E-state index contributed by atoms with van der Waals surface area (Å²) in [5.74, 6) is 0. The maximum absolute atomic E-state index is 6.27. The van der Waals surface area contributed by atoms with Gasteiger partial charge in [0.15, 0.2) is 0 Å². The maximum Gasteiger partial charge on any atom is 0.135 e. The molecule has 0 aliphatic heterocycles. The minimum atomic E-state index is 0.883. The largest absolute Gasteiger partial charge is 0.456 e. The van der Waals surface area contributed by atoms with E-state index in [2.05, 4.69) is 216 Å². The highest BCUT2D eigenvalue weighted by Gasteiger charge is 2.19. The summed E-state index contributed by atoms with van der Waals surface area (Å²) in [5, 5.41) is 9.85. The summed E-state index contributed by atoms with van der Waals surface area (Å²) in [5.41, 5.74) is 13.3. The Morgan fingerprint density at radius 1 is 0.355 bits per heavy atom. The van der Waals surface area contributed by atoms with E-state index in [0.717, 1.165) is 50.3 Å². The average molecular weight is 809 g/mol. The summed E-state index contributed by atoms with van der Waals surface area (Å²) in [6.07, 6.45) is 0. The van der Waals surface area contributed by atoms with Gasteiger partial charge < -0.3 is 13.9 Å². The van der Waals surface area contributed by atoms with Crippen molar-refractivity contribution in [2.45, 2.75) is 0 Å². The normalized spacial score (nSPS) is 11.9. The van der Waals surface area contributed by atoms with Gasteiger partial charge in [-0.2, -0.15) is 0 Å². The van der Waals surface area contributed by atoms with Gasteiger partial charge in [-0.3, -0.25) is 0 Å². The number of para-hydroxylation sites is 2. The molecule has 10 aromatic carbocycles. The van der Waals surface area contributed by atoms with Crippen LogP contribution in [0, 0.1) is 0 Å². The van der Waals surface area contributed by atoms with Crippen molar-refractivity contribution in [3.05, 3.63) is 218 Å². The predicted molar refractivity (Wildman–Crippen MR) is 264 cm³/mol. The number of anilines is 3. The number of fused-ring (bicyclic) bond motifs is 11. The summed E-state index contributed by atoms with van der Waals surface area (Å²) >= 11 is 1.86. The van der Waals surface area contributed by atoms with Crippen LogP contribution in [0.5, 0.6) is 0 Å². The fourth-order valence-electron chi connectivity index (χ4n) is 9.61. The third kappa shape index (κ3) is 5.51. The van der Waals surface area contributed by atoms with Crippen molar-refractivity contribution in [2.24, 2.45) is 0 Å². The van der Waals surface area contributed by atoms with Crippen LogP contribution >= 0.6 is 11.3 Å². The Labute approximate surface area is 361 Å². The van der Waals surface area contributed by atoms with Crippen LogP contribution in [0.15, 0.2) is 223 Å². The molecule has 0 aliphatic carbocycles. The molecule has 3 nitrogen and oxygen atoms in total. The van der Waals surface area contributed by atoms with Gasteiger partial charge in [-0.25, -0.2) is 0 Å². The number of nitrogens with zero attached hydrogens (tertiary/aromatic N) is 2. The third-order valence-electron chi connectivity index (χ3n) is 12.6. The Morgan fingerprint density at radius 3 is 1.73 bits per heavy atom. The zero-order chi connectivity index (χ0) is 40.7. The van der Waals surface area contributed by atoms with Crippen molar-refractivity contribution in [3.8, 4) is 27.9 Å². The molecule has 0 N–H and O–H groups in total. The molecule has 0 aliphatic rings. The highest BCUT2D eigenvalue weighted by Crippen LogP contribution is 2.43. The Morgan fingerprint density at radius 2 is 0.935 bits per heavy atom. The molecule has 13 rings (SSSR count). The number of hydrogen-bond acceptors (Lipinski definition) is 3. The third-order valence-corrected chi connectivity index (χ3v) is 13.7. The molecular weight excluding hydrogens is 773 g/mol. The first kappa shape index (κ1) is 34.9. The van der Waals surface area contributed by atoms with Crippen LogP contribution in [-0.4, -0.2) is 4.57 Å². The molecule has 0 amide bonds. The van der Waals surface area contributed by atoms with Crippen LogP contribution in [0.1, 0.15) is 0 Å². The molecule has 4 heteroatoms. The Kier molecular flexibility index (Phi) is 7.78. The van der Waals surface area contributed by atoms with Gasteiger partial charge >= 0.3 is 0 Å². The number of hydrogen-bond donors (Lipinski definition) is 0. The van der Waals surface area contributed by atoms with Gasteiger partial charge in [-0.1, -0.05) is 140 Å². The molecular formula is C58H36N2OS. The van der Waals surface area contributed by atoms with E-state index in [1.165, 1.54) is 69.4 Å². The Hall–Kier alpha value is -7.92. The second-order valence-corrected chi connectivity index (χ2v) is 17.2. The molecule has 3 heterocycles. The fraction of sp³-hybridized carbons (Fsp3) is 0. The van der Waals surface area contributed by atoms with Crippen molar-refractivity contribution in [1.29, 1.82) is 0 Å². The Bertz CT molecular complexity index is 3860. The summed E-state index contributed by atoms with van der Waals surface area (Å²) in [6, 6.07) is 79.3. The number of benzene rings is 10. The lowest BCUT2D eigenvalue weighted by molar-refractivity contribution is 0.669. The molecule has 0 radical (unpaired) electrons. The molecule has 3 aromatic heterocycles. The number of thiophene rings is 1. The van der Waals surface area contributed by atoms with Crippen LogP contribution < -0.4 is 4.90 Å². The molecule has 0 saturated carbocycles. The van der Waals surface area contributed by atoms with Gasteiger partial charge in [0.2, 0.25) is 0 Å². The molecule has 0 saturated heterocycles. The van der Waals surface area contributed by atoms with E-state index in [0.29, 0.717) is 0 Å². The fourth-order valence-corrected chi connectivity index (χ4v) is 10.8. The van der Waals surface area contributed by atoms with E-state index < -0.39 is 0 Å². The molecule has 0 spiro atoms. The predicted octanol–water partition coefficient (Wildman–Crippen LogP) is 17.0. The molecule has 0 unspecified atom stereocenters. The smallest absolute Gasteiger partial charge is 0.135 e. The second kappa shape index (κ2) is 13.8. The maximum atomic E-state index is 6.27. The van der Waals surface area contributed by atoms with Crippen LogP contribution in [0.4, 0.5) is 17.1 Å². The lowest BCUT2D eigenvalue weighted by atomic mass is 10.0. The van der Waals surface area contributed by atoms with E-state index >= 15 is 0 Å². The zero-order valence-electron chi connectivity index (χ0n) is 33.5. The highest BCUT2D eigenvalue weighted by atomic mass is 32.1. The second-order valence-electron chi connectivity index (χ2n) is 16.1. The lowest BCUT2D eigenvalue weighted by Gasteiger charge is -2.26. The molecule has 0 atom stereocenters. The van der Waals surface area contributed by atoms with Crippen molar-refractivity contribution in [1.82, 2.24) is 4.57 Å². The molecule has 13 aromatic rings. The van der Waals surface area contributed by atoms with Crippen LogP contribution in [0.2, 0.25) is 0 Å². The number of rotatable bonds is 6. The molecule has 0 fully saturated rings. The quantitative estimate of drug-likeness (QED) is 0.167. The first-order chi connectivity index (χ1) is 30.7. The van der Waals surface area contributed by atoms with E-state index in [1.54, 1.807) is 0 Å². The zero-order valence-corrected chi connectivity index (χ0v) is 34.3. The SMILES string of the molecule is c1ccc(-n2c3cc(-c4ccc(N(c5ccc(-c6ccc7c(c6)sc6ccccc67)cc5)c5ccc6oc7ccccc7c6c5)cc4)ccc3c3ccc4ccccc4c32)cc1. The van der Waals surface area contributed by atoms with Gasteiger partial charge in [-0.15, -0.1) is 11.3 Å². The van der Waals surface area contributed by atoms with Crippen molar-refractivity contribution >= 4 is 103 Å². The number of aromatic nitrogens is 1. The minimum absolute atomic E-state index is 0.883. The standard InChI is InChI=1S/C58H36N2OS/c1-2-11-42(12-3-1)60-53-34-40(23-30-47(53)51-32-22-39-10-4-5-13-46(39)58(51)60)37-18-25-43(26-19-37)59(45-29-33-55-52(36-45)48-14-6-8-16-54(48)61-55)44-27-20-38(21-28-44)41-24-31-50-49-15-7-9-17-56(49)62-57(50)35-41/h1-36H. The highest BCUT2D eigenvalue weighted by molar-refractivity contribution is 7.25. The van der Waals surface area contributed by atoms with Gasteiger partial charge in [0.05, 0.1) is 11.0 Å². The van der Waals surface area contributed by atoms with Crippen molar-refractivity contribution in [3.63, 3.8) is 0 Å². The van der Waals surface area contributed by atoms with Crippen molar-refractivity contribution in [2.75, 3.05) is 4.90 Å². The summed E-state index contributed by atoms with van der Waals surface area (Å²) in [4.78, 5) is 2.35. The molecule has 62 heavy (non-hydrogen) atoms. The van der Waals surface area contributed by atoms with E-state index in [4.69, 9.17) is 4.42 Å². The summed E-state index contributed by atoms with van der Waals surface area (Å²) in [6.45, 7) is 0. The summed E-state index contributed by atoms with van der Waals surface area (Å²) < 4.78 is 11.3. The van der Waals surface area contributed by atoms with E-state index in [9.17, 15) is 0 Å². The monoisotopic (exact) mass is 808 g/mol. The summed E-state index contributed by atoms with van der Waals surface area (Å²) in [7, 11) is 0. The topological polar surface area (TPSA) is 21.3 Å².